The van der Waals surface area contributed by atoms with Crippen LogP contribution in [-0.2, 0) is 17.9 Å². The van der Waals surface area contributed by atoms with Crippen molar-refractivity contribution in [3.8, 4) is 5.75 Å². The number of hydrogen-bond donors (Lipinski definition) is 1. The van der Waals surface area contributed by atoms with Gasteiger partial charge in [0.15, 0.2) is 11.0 Å². The van der Waals surface area contributed by atoms with E-state index in [0.717, 1.165) is 27.3 Å². The Hall–Kier alpha value is -2.32. The number of thioether (sulfide) groups is 1. The van der Waals surface area contributed by atoms with Crippen molar-refractivity contribution in [3.63, 3.8) is 0 Å². The maximum Gasteiger partial charge on any atom is 0.234 e. The van der Waals surface area contributed by atoms with Gasteiger partial charge in [0.05, 0.1) is 5.75 Å². The standard InChI is InChI=1S/C20H21BrN4O2S/c1-3-25-18(12-27-16-7-5-4-6-8-16)23-24-20(25)28-13-19(26)22-17-10-9-15(21)11-14(17)2/h4-11H,3,12-13H2,1-2H3,(H,22,26). The van der Waals surface area contributed by atoms with Crippen LogP contribution in [0.3, 0.4) is 0 Å². The molecule has 146 valence electrons. The van der Waals surface area contributed by atoms with Crippen LogP contribution in [0.25, 0.3) is 0 Å². The van der Waals surface area contributed by atoms with Gasteiger partial charge in [0.1, 0.15) is 12.4 Å². The normalized spacial score (nSPS) is 10.7. The number of ether oxygens (including phenoxy) is 1. The minimum absolute atomic E-state index is 0.0804. The molecule has 0 aliphatic heterocycles. The summed E-state index contributed by atoms with van der Waals surface area (Å²) in [5.74, 6) is 1.69. The summed E-state index contributed by atoms with van der Waals surface area (Å²) in [6, 6.07) is 15.3. The zero-order valence-corrected chi connectivity index (χ0v) is 18.1. The highest BCUT2D eigenvalue weighted by atomic mass is 79.9. The fourth-order valence-electron chi connectivity index (χ4n) is 2.60. The highest BCUT2D eigenvalue weighted by Crippen LogP contribution is 2.22. The largest absolute Gasteiger partial charge is 0.486 e. The van der Waals surface area contributed by atoms with Crippen LogP contribution >= 0.6 is 27.7 Å². The Morgan fingerprint density at radius 2 is 2.00 bits per heavy atom. The third-order valence-corrected chi connectivity index (χ3v) is 5.48. The van der Waals surface area contributed by atoms with E-state index in [1.54, 1.807) is 0 Å². The zero-order valence-electron chi connectivity index (χ0n) is 15.7. The average Bonchev–Trinajstić information content (AvgIpc) is 3.09. The van der Waals surface area contributed by atoms with Crippen molar-refractivity contribution in [2.45, 2.75) is 32.2 Å². The predicted molar refractivity (Wildman–Crippen MR) is 115 cm³/mol. The number of rotatable bonds is 8. The van der Waals surface area contributed by atoms with Crippen LogP contribution in [0.5, 0.6) is 5.75 Å². The van der Waals surface area contributed by atoms with Gasteiger partial charge in [0.25, 0.3) is 0 Å². The lowest BCUT2D eigenvalue weighted by Gasteiger charge is -2.10. The molecular formula is C20H21BrN4O2S. The molecule has 3 rings (SSSR count). The Bertz CT molecular complexity index is 947. The summed E-state index contributed by atoms with van der Waals surface area (Å²) in [6.07, 6.45) is 0. The summed E-state index contributed by atoms with van der Waals surface area (Å²) < 4.78 is 8.71. The van der Waals surface area contributed by atoms with Crippen molar-refractivity contribution in [1.82, 2.24) is 14.8 Å². The molecule has 2 aromatic carbocycles. The average molecular weight is 461 g/mol. The van der Waals surface area contributed by atoms with E-state index >= 15 is 0 Å². The van der Waals surface area contributed by atoms with Crippen LogP contribution in [0.15, 0.2) is 58.2 Å². The first kappa shape index (κ1) is 20.4. The number of nitrogens with one attached hydrogen (secondary N) is 1. The molecule has 0 saturated heterocycles. The summed E-state index contributed by atoms with van der Waals surface area (Å²) in [5, 5.41) is 12.1. The van der Waals surface area contributed by atoms with Gasteiger partial charge in [-0.15, -0.1) is 10.2 Å². The molecule has 3 aromatic rings. The van der Waals surface area contributed by atoms with E-state index in [-0.39, 0.29) is 11.7 Å². The van der Waals surface area contributed by atoms with Gasteiger partial charge in [-0.3, -0.25) is 4.79 Å². The quantitative estimate of drug-likeness (QED) is 0.494. The molecule has 1 aromatic heterocycles. The second-order valence-corrected chi connectivity index (χ2v) is 7.90. The van der Waals surface area contributed by atoms with Crippen LogP contribution < -0.4 is 10.1 Å². The number of carbonyl (C=O) groups excluding carboxylic acids is 1. The van der Waals surface area contributed by atoms with Gasteiger partial charge < -0.3 is 14.6 Å². The summed E-state index contributed by atoms with van der Waals surface area (Å²) in [5.41, 5.74) is 1.81. The lowest BCUT2D eigenvalue weighted by molar-refractivity contribution is -0.113. The number of halogens is 1. The molecule has 0 radical (unpaired) electrons. The Morgan fingerprint density at radius 1 is 1.21 bits per heavy atom. The summed E-state index contributed by atoms with van der Waals surface area (Å²) in [4.78, 5) is 12.3. The van der Waals surface area contributed by atoms with Crippen LogP contribution in [0.2, 0.25) is 0 Å². The number of anilines is 1. The number of aromatic nitrogens is 3. The van der Waals surface area contributed by atoms with Crippen molar-refractivity contribution in [3.05, 3.63) is 64.4 Å². The Kier molecular flexibility index (Phi) is 7.11. The molecule has 28 heavy (non-hydrogen) atoms. The number of amides is 1. The van der Waals surface area contributed by atoms with E-state index in [4.69, 9.17) is 4.74 Å². The first-order chi connectivity index (χ1) is 13.6. The van der Waals surface area contributed by atoms with Crippen LogP contribution in [0, 0.1) is 6.92 Å². The summed E-state index contributed by atoms with van der Waals surface area (Å²) in [7, 11) is 0. The van der Waals surface area contributed by atoms with Crippen molar-refractivity contribution in [2.24, 2.45) is 0 Å². The van der Waals surface area contributed by atoms with Gasteiger partial charge in [-0.25, -0.2) is 0 Å². The predicted octanol–water partition coefficient (Wildman–Crippen LogP) is 4.68. The van der Waals surface area contributed by atoms with Crippen molar-refractivity contribution >= 4 is 39.3 Å². The van der Waals surface area contributed by atoms with Gasteiger partial charge in [-0.2, -0.15) is 0 Å². The first-order valence-electron chi connectivity index (χ1n) is 8.85. The molecule has 8 heteroatoms. The summed E-state index contributed by atoms with van der Waals surface area (Å²) >= 11 is 4.79. The molecule has 0 atom stereocenters. The molecule has 0 aliphatic rings. The van der Waals surface area contributed by atoms with Crippen LogP contribution in [0.4, 0.5) is 5.69 Å². The number of aryl methyl sites for hydroxylation is 1. The number of nitrogens with zero attached hydrogens (tertiary/aromatic N) is 3. The van der Waals surface area contributed by atoms with Crippen molar-refractivity contribution < 1.29 is 9.53 Å². The SMILES string of the molecule is CCn1c(COc2ccccc2)nnc1SCC(=O)Nc1ccc(Br)cc1C. The van der Waals surface area contributed by atoms with Crippen molar-refractivity contribution in [1.29, 1.82) is 0 Å². The Balaban J connectivity index is 1.58. The van der Waals surface area contributed by atoms with Gasteiger partial charge in [0.2, 0.25) is 5.91 Å². The molecule has 0 saturated carbocycles. The van der Waals surface area contributed by atoms with Gasteiger partial charge in [-0.1, -0.05) is 45.9 Å². The fraction of sp³-hybridized carbons (Fsp3) is 0.250. The monoisotopic (exact) mass is 460 g/mol. The van der Waals surface area contributed by atoms with E-state index in [2.05, 4.69) is 31.4 Å². The van der Waals surface area contributed by atoms with Gasteiger partial charge in [-0.05, 0) is 49.7 Å². The molecule has 1 heterocycles. The highest BCUT2D eigenvalue weighted by Gasteiger charge is 2.14. The van der Waals surface area contributed by atoms with E-state index in [1.807, 2.05) is 66.9 Å². The number of benzene rings is 2. The Labute approximate surface area is 176 Å². The number of carbonyl (C=O) groups is 1. The number of para-hydroxylation sites is 1. The van der Waals surface area contributed by atoms with Crippen molar-refractivity contribution in [2.75, 3.05) is 11.1 Å². The smallest absolute Gasteiger partial charge is 0.234 e. The molecule has 0 bridgehead atoms. The number of hydrogen-bond acceptors (Lipinski definition) is 5. The third kappa shape index (κ3) is 5.36. The maximum absolute atomic E-state index is 12.3. The second kappa shape index (κ2) is 9.75. The second-order valence-electron chi connectivity index (χ2n) is 6.04. The van der Waals surface area contributed by atoms with E-state index in [1.165, 1.54) is 11.8 Å². The van der Waals surface area contributed by atoms with E-state index in [9.17, 15) is 4.79 Å². The fourth-order valence-corrected chi connectivity index (χ4v) is 3.90. The van der Waals surface area contributed by atoms with Gasteiger partial charge >= 0.3 is 0 Å². The molecule has 6 nitrogen and oxygen atoms in total. The highest BCUT2D eigenvalue weighted by molar-refractivity contribution is 9.10. The van der Waals surface area contributed by atoms with Gasteiger partial charge in [0, 0.05) is 16.7 Å². The topological polar surface area (TPSA) is 69.0 Å². The third-order valence-electron chi connectivity index (χ3n) is 4.02. The molecule has 0 unspecified atom stereocenters. The van der Waals surface area contributed by atoms with E-state index in [0.29, 0.717) is 18.3 Å². The molecule has 1 amide bonds. The molecule has 0 spiro atoms. The van der Waals surface area contributed by atoms with Crippen LogP contribution in [0.1, 0.15) is 18.3 Å². The minimum atomic E-state index is -0.0804. The minimum Gasteiger partial charge on any atom is -0.486 e. The lowest BCUT2D eigenvalue weighted by Crippen LogP contribution is -2.15. The lowest BCUT2D eigenvalue weighted by atomic mass is 10.2. The Morgan fingerprint density at radius 3 is 2.71 bits per heavy atom. The van der Waals surface area contributed by atoms with Crippen LogP contribution in [-0.4, -0.2) is 26.4 Å². The molecule has 0 fully saturated rings. The van der Waals surface area contributed by atoms with E-state index < -0.39 is 0 Å². The summed E-state index contributed by atoms with van der Waals surface area (Å²) in [6.45, 7) is 5.01. The zero-order chi connectivity index (χ0) is 19.9. The molecule has 1 N–H and O–H groups in total. The first-order valence-corrected chi connectivity index (χ1v) is 10.6. The molecular weight excluding hydrogens is 440 g/mol. The maximum atomic E-state index is 12.3. The molecule has 0 aliphatic carbocycles.